The van der Waals surface area contributed by atoms with Crippen LogP contribution in [0.25, 0.3) is 4.96 Å². The van der Waals surface area contributed by atoms with Gasteiger partial charge in [-0.05, 0) is 19.3 Å². The fourth-order valence-electron chi connectivity index (χ4n) is 2.71. The van der Waals surface area contributed by atoms with E-state index < -0.39 is 0 Å². The number of hydrogen-bond donors (Lipinski definition) is 1. The topological polar surface area (TPSA) is 51.5 Å². The number of aryl methyl sites for hydroxylation is 1. The molecule has 0 amide bonds. The quantitative estimate of drug-likeness (QED) is 0.935. The molecule has 1 aliphatic heterocycles. The average molecular weight is 280 g/mol. The Hall–Kier alpha value is -1.14. The monoisotopic (exact) mass is 280 g/mol. The Morgan fingerprint density at radius 3 is 3.16 bits per heavy atom. The van der Waals surface area contributed by atoms with Gasteiger partial charge in [0.25, 0.3) is 0 Å². The SMILES string of the molecule is Cc1cn2nc(NC[C@H]3CCO[C@@H]3C(C)C)sc2n1. The lowest BCUT2D eigenvalue weighted by molar-refractivity contribution is 0.0566. The van der Waals surface area contributed by atoms with E-state index in [-0.39, 0.29) is 0 Å². The van der Waals surface area contributed by atoms with Gasteiger partial charge in [0.2, 0.25) is 10.1 Å². The number of aromatic nitrogens is 3. The Morgan fingerprint density at radius 2 is 2.42 bits per heavy atom. The van der Waals surface area contributed by atoms with Crippen LogP contribution in [0.3, 0.4) is 0 Å². The van der Waals surface area contributed by atoms with Crippen LogP contribution >= 0.6 is 11.3 Å². The molecule has 104 valence electrons. The molecule has 2 atom stereocenters. The second-order valence-corrected chi connectivity index (χ2v) is 6.48. The normalized spacial score (nSPS) is 23.6. The summed E-state index contributed by atoms with van der Waals surface area (Å²) in [6.45, 7) is 8.25. The van der Waals surface area contributed by atoms with Crippen molar-refractivity contribution in [3.8, 4) is 0 Å². The van der Waals surface area contributed by atoms with Crippen LogP contribution in [-0.2, 0) is 4.74 Å². The molecule has 19 heavy (non-hydrogen) atoms. The Balaban J connectivity index is 1.63. The first-order valence-corrected chi connectivity index (χ1v) is 7.63. The molecule has 1 aliphatic rings. The van der Waals surface area contributed by atoms with E-state index in [4.69, 9.17) is 4.74 Å². The second-order valence-electron chi connectivity index (χ2n) is 5.53. The van der Waals surface area contributed by atoms with E-state index in [9.17, 15) is 0 Å². The molecule has 3 heterocycles. The molecule has 0 aromatic carbocycles. The third-order valence-electron chi connectivity index (χ3n) is 3.60. The summed E-state index contributed by atoms with van der Waals surface area (Å²) in [5.74, 6) is 1.16. The van der Waals surface area contributed by atoms with Gasteiger partial charge in [-0.3, -0.25) is 0 Å². The Kier molecular flexibility index (Phi) is 3.45. The fraction of sp³-hybridized carbons (Fsp3) is 0.692. The number of anilines is 1. The zero-order valence-corrected chi connectivity index (χ0v) is 12.4. The summed E-state index contributed by atoms with van der Waals surface area (Å²) in [6.07, 6.45) is 3.46. The van der Waals surface area contributed by atoms with Gasteiger partial charge >= 0.3 is 0 Å². The van der Waals surface area contributed by atoms with Crippen molar-refractivity contribution in [3.05, 3.63) is 11.9 Å². The first kappa shape index (κ1) is 12.9. The smallest absolute Gasteiger partial charge is 0.214 e. The lowest BCUT2D eigenvalue weighted by atomic mass is 9.93. The number of hydrogen-bond acceptors (Lipinski definition) is 5. The lowest BCUT2D eigenvalue weighted by Gasteiger charge is -2.21. The van der Waals surface area contributed by atoms with Gasteiger partial charge in [-0.1, -0.05) is 25.2 Å². The van der Waals surface area contributed by atoms with Gasteiger partial charge in [-0.2, -0.15) is 0 Å². The molecule has 0 spiro atoms. The Morgan fingerprint density at radius 1 is 1.58 bits per heavy atom. The first-order chi connectivity index (χ1) is 9.13. The van der Waals surface area contributed by atoms with Crippen LogP contribution in [0.4, 0.5) is 5.13 Å². The van der Waals surface area contributed by atoms with Crippen LogP contribution in [0.5, 0.6) is 0 Å². The molecule has 0 unspecified atom stereocenters. The van der Waals surface area contributed by atoms with Gasteiger partial charge in [0.1, 0.15) is 0 Å². The highest BCUT2D eigenvalue weighted by atomic mass is 32.1. The highest BCUT2D eigenvalue weighted by molar-refractivity contribution is 7.20. The zero-order chi connectivity index (χ0) is 13.4. The van der Waals surface area contributed by atoms with E-state index >= 15 is 0 Å². The molecule has 1 N–H and O–H groups in total. The minimum absolute atomic E-state index is 0.374. The minimum atomic E-state index is 0.374. The summed E-state index contributed by atoms with van der Waals surface area (Å²) in [7, 11) is 0. The zero-order valence-electron chi connectivity index (χ0n) is 11.6. The molecule has 6 heteroatoms. The van der Waals surface area contributed by atoms with E-state index in [0.29, 0.717) is 17.9 Å². The molecular formula is C13H20N4OS. The highest BCUT2D eigenvalue weighted by Crippen LogP contribution is 2.27. The van der Waals surface area contributed by atoms with Crippen LogP contribution in [0.1, 0.15) is 26.0 Å². The van der Waals surface area contributed by atoms with Crippen molar-refractivity contribution >= 4 is 21.4 Å². The van der Waals surface area contributed by atoms with E-state index in [1.165, 1.54) is 0 Å². The molecule has 0 radical (unpaired) electrons. The predicted octanol–water partition coefficient (Wildman–Crippen LogP) is 2.57. The molecule has 0 bridgehead atoms. The fourth-order valence-corrected chi connectivity index (χ4v) is 3.54. The molecule has 2 aromatic heterocycles. The van der Waals surface area contributed by atoms with Crippen LogP contribution in [0, 0.1) is 18.8 Å². The van der Waals surface area contributed by atoms with Gasteiger partial charge in [0.15, 0.2) is 0 Å². The first-order valence-electron chi connectivity index (χ1n) is 6.82. The molecule has 1 saturated heterocycles. The summed E-state index contributed by atoms with van der Waals surface area (Å²) < 4.78 is 7.64. The molecule has 2 aromatic rings. The van der Waals surface area contributed by atoms with E-state index in [1.807, 2.05) is 17.6 Å². The average Bonchev–Trinajstić information content (AvgIpc) is 2.98. The molecule has 1 fully saturated rings. The summed E-state index contributed by atoms with van der Waals surface area (Å²) >= 11 is 1.60. The predicted molar refractivity (Wildman–Crippen MR) is 76.8 cm³/mol. The van der Waals surface area contributed by atoms with Crippen LogP contribution in [-0.4, -0.2) is 33.9 Å². The highest BCUT2D eigenvalue weighted by Gasteiger charge is 2.30. The molecule has 5 nitrogen and oxygen atoms in total. The summed E-state index contributed by atoms with van der Waals surface area (Å²) in [5, 5.41) is 8.86. The Labute approximate surface area is 117 Å². The van der Waals surface area contributed by atoms with Crippen molar-refractivity contribution in [1.82, 2.24) is 14.6 Å². The van der Waals surface area contributed by atoms with Crippen molar-refractivity contribution in [2.24, 2.45) is 11.8 Å². The summed E-state index contributed by atoms with van der Waals surface area (Å²) in [6, 6.07) is 0. The van der Waals surface area contributed by atoms with Crippen LogP contribution in [0.15, 0.2) is 6.20 Å². The van der Waals surface area contributed by atoms with Crippen molar-refractivity contribution < 1.29 is 4.74 Å². The van der Waals surface area contributed by atoms with Gasteiger partial charge < -0.3 is 10.1 Å². The molecule has 3 rings (SSSR count). The second kappa shape index (κ2) is 5.09. The van der Waals surface area contributed by atoms with Gasteiger partial charge in [-0.15, -0.1) is 5.10 Å². The number of nitrogens with zero attached hydrogens (tertiary/aromatic N) is 3. The molecule has 0 saturated carbocycles. The van der Waals surface area contributed by atoms with E-state index in [1.54, 1.807) is 11.3 Å². The van der Waals surface area contributed by atoms with Gasteiger partial charge in [0.05, 0.1) is 18.0 Å². The maximum absolute atomic E-state index is 5.80. The third kappa shape index (κ3) is 2.60. The molecule has 0 aliphatic carbocycles. The lowest BCUT2D eigenvalue weighted by Crippen LogP contribution is -2.27. The minimum Gasteiger partial charge on any atom is -0.378 e. The van der Waals surface area contributed by atoms with Crippen molar-refractivity contribution in [3.63, 3.8) is 0 Å². The molecular weight excluding hydrogens is 260 g/mol. The van der Waals surface area contributed by atoms with Gasteiger partial charge in [0, 0.05) is 19.1 Å². The standard InChI is InChI=1S/C13H20N4OS/c1-8(2)11-10(4-5-18-11)6-14-12-16-17-7-9(3)15-13(17)19-12/h7-8,10-11H,4-6H2,1-3H3,(H,14,16)/t10-,11-/m1/s1. The number of nitrogens with one attached hydrogen (secondary N) is 1. The largest absolute Gasteiger partial charge is 0.378 e. The number of ether oxygens (including phenoxy) is 1. The Bertz CT molecular complexity index is 530. The summed E-state index contributed by atoms with van der Waals surface area (Å²) in [4.78, 5) is 5.36. The van der Waals surface area contributed by atoms with Crippen LogP contribution in [0.2, 0.25) is 0 Å². The van der Waals surface area contributed by atoms with Crippen LogP contribution < -0.4 is 5.32 Å². The van der Waals surface area contributed by atoms with Crippen molar-refractivity contribution in [1.29, 1.82) is 0 Å². The van der Waals surface area contributed by atoms with E-state index in [0.717, 1.165) is 35.4 Å². The van der Waals surface area contributed by atoms with Gasteiger partial charge in [-0.25, -0.2) is 9.50 Å². The number of imidazole rings is 1. The van der Waals surface area contributed by atoms with Crippen molar-refractivity contribution in [2.45, 2.75) is 33.3 Å². The maximum Gasteiger partial charge on any atom is 0.214 e. The number of fused-ring (bicyclic) bond motifs is 1. The maximum atomic E-state index is 5.80. The summed E-state index contributed by atoms with van der Waals surface area (Å²) in [5.41, 5.74) is 1.01. The number of rotatable bonds is 4. The third-order valence-corrected chi connectivity index (χ3v) is 4.48. The van der Waals surface area contributed by atoms with E-state index in [2.05, 4.69) is 29.2 Å². The van der Waals surface area contributed by atoms with Crippen molar-refractivity contribution in [2.75, 3.05) is 18.5 Å².